The summed E-state index contributed by atoms with van der Waals surface area (Å²) in [5, 5.41) is 0. The zero-order valence-corrected chi connectivity index (χ0v) is 13.2. The third-order valence-electron chi connectivity index (χ3n) is 2.39. The average Bonchev–Trinajstić information content (AvgIpc) is 2.34. The van der Waals surface area contributed by atoms with E-state index in [1.165, 1.54) is 0 Å². The van der Waals surface area contributed by atoms with Crippen molar-refractivity contribution in [1.82, 2.24) is 4.31 Å². The highest BCUT2D eigenvalue weighted by Crippen LogP contribution is 2.09. The van der Waals surface area contributed by atoms with E-state index in [0.717, 1.165) is 4.31 Å². The van der Waals surface area contributed by atoms with E-state index >= 15 is 0 Å². The van der Waals surface area contributed by atoms with E-state index in [2.05, 4.69) is 4.74 Å². The summed E-state index contributed by atoms with van der Waals surface area (Å²) in [4.78, 5) is 22.6. The quantitative estimate of drug-likeness (QED) is 0.578. The Hall–Kier alpha value is -1.15. The van der Waals surface area contributed by atoms with Crippen LogP contribution in [-0.4, -0.2) is 56.2 Å². The van der Waals surface area contributed by atoms with Crippen molar-refractivity contribution in [1.29, 1.82) is 0 Å². The molecule has 0 aromatic rings. The fourth-order valence-electron chi connectivity index (χ4n) is 1.50. The Kier molecular flexibility index (Phi) is 8.40. The van der Waals surface area contributed by atoms with Crippen LogP contribution in [0.1, 0.15) is 34.1 Å². The second kappa shape index (κ2) is 8.91. The van der Waals surface area contributed by atoms with Gasteiger partial charge in [-0.3, -0.25) is 9.59 Å². The molecule has 0 aromatic heterocycles. The number of ether oxygens (including phenoxy) is 2. The Balaban J connectivity index is 4.72. The molecule has 0 bridgehead atoms. The summed E-state index contributed by atoms with van der Waals surface area (Å²) < 4.78 is 34.7. The predicted octanol–water partition coefficient (Wildman–Crippen LogP) is 0.543. The molecule has 0 aliphatic heterocycles. The fourth-order valence-corrected chi connectivity index (χ4v) is 3.10. The molecular formula is C12H23NO6S. The Morgan fingerprint density at radius 1 is 1.05 bits per heavy atom. The van der Waals surface area contributed by atoms with Crippen molar-refractivity contribution in [3.05, 3.63) is 0 Å². The first-order valence-electron chi connectivity index (χ1n) is 6.55. The predicted molar refractivity (Wildman–Crippen MR) is 73.5 cm³/mol. The number of carbonyl (C=O) groups excluding carboxylic acids is 2. The Bertz CT molecular complexity index is 418. The lowest BCUT2D eigenvalue weighted by Crippen LogP contribution is -2.42. The number of rotatable bonds is 9. The molecule has 0 atom stereocenters. The van der Waals surface area contributed by atoms with Crippen molar-refractivity contribution >= 4 is 22.0 Å². The molecule has 20 heavy (non-hydrogen) atoms. The minimum absolute atomic E-state index is 0.188. The van der Waals surface area contributed by atoms with Crippen molar-refractivity contribution in [2.24, 2.45) is 0 Å². The number of hydrogen-bond acceptors (Lipinski definition) is 6. The van der Waals surface area contributed by atoms with Crippen LogP contribution in [-0.2, 0) is 29.1 Å². The minimum atomic E-state index is -3.72. The molecule has 0 unspecified atom stereocenters. The molecule has 0 fully saturated rings. The summed E-state index contributed by atoms with van der Waals surface area (Å²) in [5.41, 5.74) is 0. The van der Waals surface area contributed by atoms with Crippen LogP contribution in [0.2, 0.25) is 0 Å². The summed E-state index contributed by atoms with van der Waals surface area (Å²) >= 11 is 0. The van der Waals surface area contributed by atoms with Crippen LogP contribution in [0, 0.1) is 0 Å². The number of esters is 2. The number of carbonyl (C=O) groups is 2. The van der Waals surface area contributed by atoms with Gasteiger partial charge in [-0.15, -0.1) is 0 Å². The number of nitrogens with zero attached hydrogens (tertiary/aromatic N) is 1. The van der Waals surface area contributed by atoms with Crippen LogP contribution in [0.4, 0.5) is 0 Å². The molecule has 118 valence electrons. The fraction of sp³-hybridized carbons (Fsp3) is 0.833. The Morgan fingerprint density at radius 3 is 2.00 bits per heavy atom. The monoisotopic (exact) mass is 309 g/mol. The molecule has 0 aliphatic rings. The van der Waals surface area contributed by atoms with Crippen molar-refractivity contribution in [2.75, 3.05) is 25.5 Å². The summed E-state index contributed by atoms with van der Waals surface area (Å²) in [5.74, 6) is -1.57. The number of sulfonamides is 1. The van der Waals surface area contributed by atoms with E-state index in [1.54, 1.807) is 27.7 Å². The van der Waals surface area contributed by atoms with Gasteiger partial charge in [-0.2, -0.15) is 4.31 Å². The van der Waals surface area contributed by atoms with Crippen LogP contribution in [0.3, 0.4) is 0 Å². The third-order valence-corrected chi connectivity index (χ3v) is 4.38. The first-order valence-corrected chi connectivity index (χ1v) is 8.16. The van der Waals surface area contributed by atoms with Crippen molar-refractivity contribution in [3.8, 4) is 0 Å². The maximum atomic E-state index is 12.1. The van der Waals surface area contributed by atoms with Gasteiger partial charge in [0.25, 0.3) is 0 Å². The molecule has 7 nitrogen and oxygen atoms in total. The molecule has 0 aliphatic carbocycles. The lowest BCUT2D eigenvalue weighted by molar-refractivity contribution is -0.143. The van der Waals surface area contributed by atoms with Crippen LogP contribution in [0.5, 0.6) is 0 Å². The van der Waals surface area contributed by atoms with Gasteiger partial charge in [0.2, 0.25) is 10.0 Å². The zero-order valence-electron chi connectivity index (χ0n) is 12.4. The molecule has 0 aromatic carbocycles. The maximum absolute atomic E-state index is 12.1. The van der Waals surface area contributed by atoms with Gasteiger partial charge in [0.1, 0.15) is 6.54 Å². The van der Waals surface area contributed by atoms with Gasteiger partial charge in [-0.05, 0) is 27.7 Å². The van der Waals surface area contributed by atoms with E-state index in [4.69, 9.17) is 4.74 Å². The van der Waals surface area contributed by atoms with E-state index in [1.807, 2.05) is 0 Å². The highest BCUT2D eigenvalue weighted by atomic mass is 32.2. The van der Waals surface area contributed by atoms with E-state index in [9.17, 15) is 18.0 Å². The van der Waals surface area contributed by atoms with Gasteiger partial charge < -0.3 is 9.47 Å². The summed E-state index contributed by atoms with van der Waals surface area (Å²) in [6.45, 7) is 6.64. The van der Waals surface area contributed by atoms with Crippen LogP contribution >= 0.6 is 0 Å². The average molecular weight is 309 g/mol. The van der Waals surface area contributed by atoms with Gasteiger partial charge in [0.05, 0.1) is 25.4 Å². The second-order valence-electron chi connectivity index (χ2n) is 4.32. The van der Waals surface area contributed by atoms with Gasteiger partial charge in [-0.1, -0.05) is 0 Å². The Labute approximate surface area is 120 Å². The molecule has 0 spiro atoms. The SMILES string of the molecule is CCOC(=O)CCS(=O)(=O)N(CC(=O)OCC)C(C)C. The zero-order chi connectivity index (χ0) is 15.8. The van der Waals surface area contributed by atoms with Gasteiger partial charge in [0, 0.05) is 6.04 Å². The normalized spacial score (nSPS) is 11.7. The molecule has 0 rings (SSSR count). The Morgan fingerprint density at radius 2 is 1.55 bits per heavy atom. The van der Waals surface area contributed by atoms with E-state index in [0.29, 0.717) is 0 Å². The van der Waals surface area contributed by atoms with Crippen molar-refractivity contribution in [3.63, 3.8) is 0 Å². The molecule has 0 radical (unpaired) electrons. The van der Waals surface area contributed by atoms with Crippen molar-refractivity contribution < 1.29 is 27.5 Å². The third kappa shape index (κ3) is 6.85. The van der Waals surface area contributed by atoms with Crippen LogP contribution in [0.25, 0.3) is 0 Å². The number of hydrogen-bond donors (Lipinski definition) is 0. The van der Waals surface area contributed by atoms with Gasteiger partial charge in [0.15, 0.2) is 0 Å². The lowest BCUT2D eigenvalue weighted by atomic mass is 10.4. The molecule has 0 N–H and O–H groups in total. The second-order valence-corrected chi connectivity index (χ2v) is 6.36. The molecule has 0 saturated heterocycles. The minimum Gasteiger partial charge on any atom is -0.466 e. The first-order chi connectivity index (χ1) is 9.24. The summed E-state index contributed by atoms with van der Waals surface area (Å²) in [6.07, 6.45) is -0.234. The van der Waals surface area contributed by atoms with Crippen molar-refractivity contribution in [2.45, 2.75) is 40.2 Å². The van der Waals surface area contributed by atoms with Gasteiger partial charge in [-0.25, -0.2) is 8.42 Å². The first kappa shape index (κ1) is 18.9. The molecule has 8 heteroatoms. The summed E-state index contributed by atoms with van der Waals surface area (Å²) in [7, 11) is -3.72. The molecular weight excluding hydrogens is 286 g/mol. The van der Waals surface area contributed by atoms with E-state index in [-0.39, 0.29) is 31.9 Å². The molecule has 0 heterocycles. The highest BCUT2D eigenvalue weighted by molar-refractivity contribution is 7.89. The summed E-state index contributed by atoms with van der Waals surface area (Å²) in [6, 6.07) is -0.397. The largest absolute Gasteiger partial charge is 0.466 e. The maximum Gasteiger partial charge on any atom is 0.321 e. The smallest absolute Gasteiger partial charge is 0.321 e. The lowest BCUT2D eigenvalue weighted by Gasteiger charge is -2.24. The molecule has 0 saturated carbocycles. The van der Waals surface area contributed by atoms with E-state index < -0.39 is 28.0 Å². The van der Waals surface area contributed by atoms with Gasteiger partial charge >= 0.3 is 11.9 Å². The standard InChI is InChI=1S/C12H23NO6S/c1-5-18-11(14)7-8-20(16,17)13(10(3)4)9-12(15)19-6-2/h10H,5-9H2,1-4H3. The van der Waals surface area contributed by atoms with Crippen LogP contribution in [0.15, 0.2) is 0 Å². The topological polar surface area (TPSA) is 90.0 Å². The highest BCUT2D eigenvalue weighted by Gasteiger charge is 2.28. The van der Waals surface area contributed by atoms with Crippen LogP contribution < -0.4 is 0 Å². The molecule has 0 amide bonds.